The van der Waals surface area contributed by atoms with Gasteiger partial charge in [0, 0.05) is 25.2 Å². The molecule has 3 rings (SSSR count). The molecule has 3 aromatic rings. The lowest BCUT2D eigenvalue weighted by Gasteiger charge is -2.16. The van der Waals surface area contributed by atoms with E-state index in [9.17, 15) is 9.59 Å². The summed E-state index contributed by atoms with van der Waals surface area (Å²) < 4.78 is 1.11. The minimum Gasteiger partial charge on any atom is -0.335 e. The van der Waals surface area contributed by atoms with Crippen molar-refractivity contribution in [3.63, 3.8) is 0 Å². The molecule has 0 radical (unpaired) electrons. The van der Waals surface area contributed by atoms with E-state index in [2.05, 4.69) is 10.3 Å². The van der Waals surface area contributed by atoms with Crippen LogP contribution in [0.15, 0.2) is 48.5 Å². The molecule has 24 heavy (non-hydrogen) atoms. The van der Waals surface area contributed by atoms with E-state index in [-0.39, 0.29) is 11.8 Å². The molecule has 0 unspecified atom stereocenters. The molecule has 2 amide bonds. The van der Waals surface area contributed by atoms with Crippen LogP contribution in [0.5, 0.6) is 0 Å². The van der Waals surface area contributed by atoms with Crippen LogP contribution in [0.1, 0.15) is 22.3 Å². The summed E-state index contributed by atoms with van der Waals surface area (Å²) in [7, 11) is 1.75. The Labute approximate surface area is 143 Å². The van der Waals surface area contributed by atoms with Gasteiger partial charge in [0.1, 0.15) is 5.01 Å². The smallest absolute Gasteiger partial charge is 0.254 e. The number of carbonyl (C=O) groups is 2. The molecule has 0 bridgehead atoms. The average molecular weight is 339 g/mol. The summed E-state index contributed by atoms with van der Waals surface area (Å²) in [5.74, 6) is -0.274. The lowest BCUT2D eigenvalue weighted by Crippen LogP contribution is -2.26. The quantitative estimate of drug-likeness (QED) is 0.791. The van der Waals surface area contributed by atoms with Crippen LogP contribution in [0.4, 0.5) is 5.69 Å². The van der Waals surface area contributed by atoms with Crippen molar-refractivity contribution in [1.29, 1.82) is 0 Å². The summed E-state index contributed by atoms with van der Waals surface area (Å²) in [6, 6.07) is 14.8. The van der Waals surface area contributed by atoms with Gasteiger partial charge < -0.3 is 10.2 Å². The molecular weight excluding hydrogens is 322 g/mol. The first kappa shape index (κ1) is 16.1. The van der Waals surface area contributed by atoms with Gasteiger partial charge in [-0.1, -0.05) is 18.2 Å². The topological polar surface area (TPSA) is 62.3 Å². The summed E-state index contributed by atoms with van der Waals surface area (Å²) in [6.07, 6.45) is 0. The van der Waals surface area contributed by atoms with Crippen LogP contribution in [-0.2, 0) is 11.3 Å². The number of nitrogens with zero attached hydrogens (tertiary/aromatic N) is 2. The summed E-state index contributed by atoms with van der Waals surface area (Å²) >= 11 is 1.59. The Morgan fingerprint density at radius 3 is 2.71 bits per heavy atom. The van der Waals surface area contributed by atoms with Crippen molar-refractivity contribution in [2.45, 2.75) is 13.5 Å². The lowest BCUT2D eigenvalue weighted by atomic mass is 10.1. The maximum atomic E-state index is 12.6. The molecule has 0 aliphatic carbocycles. The van der Waals surface area contributed by atoms with Gasteiger partial charge in [0.25, 0.3) is 5.91 Å². The number of hydrogen-bond donors (Lipinski definition) is 1. The van der Waals surface area contributed by atoms with Gasteiger partial charge in [-0.25, -0.2) is 4.98 Å². The second kappa shape index (κ2) is 6.80. The van der Waals surface area contributed by atoms with Gasteiger partial charge in [0.05, 0.1) is 16.8 Å². The molecule has 6 heteroatoms. The number of fused-ring (bicyclic) bond motifs is 1. The van der Waals surface area contributed by atoms with E-state index < -0.39 is 0 Å². The molecule has 122 valence electrons. The molecule has 2 aromatic carbocycles. The van der Waals surface area contributed by atoms with Gasteiger partial charge in [0.2, 0.25) is 5.91 Å². The highest BCUT2D eigenvalue weighted by molar-refractivity contribution is 7.18. The summed E-state index contributed by atoms with van der Waals surface area (Å²) in [5.41, 5.74) is 2.10. The van der Waals surface area contributed by atoms with Gasteiger partial charge in [-0.05, 0) is 30.3 Å². The first-order chi connectivity index (χ1) is 11.5. The highest BCUT2D eigenvalue weighted by Crippen LogP contribution is 2.23. The van der Waals surface area contributed by atoms with Crippen LogP contribution >= 0.6 is 11.3 Å². The SMILES string of the molecule is CC(=O)Nc1cccc(C(=O)N(C)Cc2nc3ccccc3s2)c1. The maximum Gasteiger partial charge on any atom is 0.254 e. The first-order valence-electron chi connectivity index (χ1n) is 7.50. The monoisotopic (exact) mass is 339 g/mol. The minimum absolute atomic E-state index is 0.110. The second-order valence-electron chi connectivity index (χ2n) is 5.50. The number of nitrogens with one attached hydrogen (secondary N) is 1. The van der Waals surface area contributed by atoms with E-state index in [0.717, 1.165) is 15.2 Å². The number of aromatic nitrogens is 1. The van der Waals surface area contributed by atoms with Crippen LogP contribution in [0, 0.1) is 0 Å². The summed E-state index contributed by atoms with van der Waals surface area (Å²) in [4.78, 5) is 29.9. The largest absolute Gasteiger partial charge is 0.335 e. The van der Waals surface area contributed by atoms with Crippen LogP contribution in [-0.4, -0.2) is 28.7 Å². The zero-order valence-electron chi connectivity index (χ0n) is 13.4. The molecule has 0 saturated carbocycles. The number of benzene rings is 2. The van der Waals surface area contributed by atoms with E-state index in [1.54, 1.807) is 47.5 Å². The molecule has 1 N–H and O–H groups in total. The molecule has 1 heterocycles. The zero-order valence-corrected chi connectivity index (χ0v) is 14.3. The summed E-state index contributed by atoms with van der Waals surface area (Å²) in [5, 5.41) is 3.58. The second-order valence-corrected chi connectivity index (χ2v) is 6.61. The molecule has 0 fully saturated rings. The van der Waals surface area contributed by atoms with Crippen molar-refractivity contribution in [2.24, 2.45) is 0 Å². The van der Waals surface area contributed by atoms with Crippen LogP contribution in [0.2, 0.25) is 0 Å². The fourth-order valence-electron chi connectivity index (χ4n) is 2.42. The standard InChI is InChI=1S/C18H17N3O2S/c1-12(22)19-14-7-5-6-13(10-14)18(23)21(2)11-17-20-15-8-3-4-9-16(15)24-17/h3-10H,11H2,1-2H3,(H,19,22). The Hall–Kier alpha value is -2.73. The van der Waals surface area contributed by atoms with Crippen LogP contribution in [0.3, 0.4) is 0 Å². The third kappa shape index (κ3) is 3.60. The Kier molecular flexibility index (Phi) is 4.57. The third-order valence-electron chi connectivity index (χ3n) is 3.49. The highest BCUT2D eigenvalue weighted by Gasteiger charge is 2.14. The predicted octanol–water partition coefficient (Wildman–Crippen LogP) is 3.53. The van der Waals surface area contributed by atoms with Crippen molar-refractivity contribution in [3.05, 3.63) is 59.1 Å². The molecule has 1 aromatic heterocycles. The van der Waals surface area contributed by atoms with E-state index in [0.29, 0.717) is 17.8 Å². The number of thiazole rings is 1. The zero-order chi connectivity index (χ0) is 17.1. The minimum atomic E-state index is -0.164. The maximum absolute atomic E-state index is 12.6. The van der Waals surface area contributed by atoms with Crippen molar-refractivity contribution >= 4 is 39.1 Å². The Balaban J connectivity index is 1.75. The normalized spacial score (nSPS) is 10.6. The van der Waals surface area contributed by atoms with Crippen LogP contribution < -0.4 is 5.32 Å². The van der Waals surface area contributed by atoms with Gasteiger partial charge in [-0.2, -0.15) is 0 Å². The molecule has 5 nitrogen and oxygen atoms in total. The van der Waals surface area contributed by atoms with E-state index >= 15 is 0 Å². The summed E-state index contributed by atoms with van der Waals surface area (Å²) in [6.45, 7) is 1.89. The molecule has 0 spiro atoms. The predicted molar refractivity (Wildman–Crippen MR) is 96.2 cm³/mol. The third-order valence-corrected chi connectivity index (χ3v) is 4.51. The Bertz CT molecular complexity index is 871. The molecule has 0 saturated heterocycles. The van der Waals surface area contributed by atoms with E-state index in [4.69, 9.17) is 0 Å². The fraction of sp³-hybridized carbons (Fsp3) is 0.167. The van der Waals surface area contributed by atoms with E-state index in [1.807, 2.05) is 24.3 Å². The number of amides is 2. The number of anilines is 1. The number of carbonyl (C=O) groups excluding carboxylic acids is 2. The molecule has 0 aliphatic rings. The van der Waals surface area contributed by atoms with Crippen molar-refractivity contribution in [3.8, 4) is 0 Å². The molecule has 0 atom stereocenters. The Morgan fingerprint density at radius 1 is 1.17 bits per heavy atom. The molecule has 0 aliphatic heterocycles. The number of para-hydroxylation sites is 1. The van der Waals surface area contributed by atoms with Crippen molar-refractivity contribution in [2.75, 3.05) is 12.4 Å². The molecular formula is C18H17N3O2S. The average Bonchev–Trinajstić information content (AvgIpc) is 2.95. The van der Waals surface area contributed by atoms with E-state index in [1.165, 1.54) is 6.92 Å². The van der Waals surface area contributed by atoms with Crippen molar-refractivity contribution in [1.82, 2.24) is 9.88 Å². The van der Waals surface area contributed by atoms with Gasteiger partial charge in [-0.3, -0.25) is 9.59 Å². The van der Waals surface area contributed by atoms with Crippen LogP contribution in [0.25, 0.3) is 10.2 Å². The lowest BCUT2D eigenvalue weighted by molar-refractivity contribution is -0.114. The van der Waals surface area contributed by atoms with Crippen molar-refractivity contribution < 1.29 is 9.59 Å². The first-order valence-corrected chi connectivity index (χ1v) is 8.32. The number of rotatable bonds is 4. The Morgan fingerprint density at radius 2 is 1.96 bits per heavy atom. The van der Waals surface area contributed by atoms with Gasteiger partial charge in [0.15, 0.2) is 0 Å². The fourth-order valence-corrected chi connectivity index (χ4v) is 3.44. The van der Waals surface area contributed by atoms with Gasteiger partial charge in [-0.15, -0.1) is 11.3 Å². The highest BCUT2D eigenvalue weighted by atomic mass is 32.1. The van der Waals surface area contributed by atoms with Gasteiger partial charge >= 0.3 is 0 Å². The number of hydrogen-bond acceptors (Lipinski definition) is 4.